The van der Waals surface area contributed by atoms with Crippen molar-refractivity contribution < 1.29 is 19.1 Å². The van der Waals surface area contributed by atoms with E-state index in [0.29, 0.717) is 46.8 Å². The fraction of sp³-hybridized carbons (Fsp3) is 0.410. The molecule has 16 nitrogen and oxygen atoms in total. The molecule has 3 amide bonds. The minimum atomic E-state index is -0.418. The van der Waals surface area contributed by atoms with Crippen LogP contribution in [0.1, 0.15) is 30.9 Å². The molecule has 8 rings (SSSR count). The molecule has 0 saturated carbocycles. The maximum Gasteiger partial charge on any atom is 0.293 e. The van der Waals surface area contributed by atoms with Crippen molar-refractivity contribution in [2.75, 3.05) is 74.6 Å². The number of anilines is 4. The molecule has 292 valence electrons. The van der Waals surface area contributed by atoms with Gasteiger partial charge in [-0.15, -0.1) is 0 Å². The molecule has 5 aromatic rings. The Morgan fingerprint density at radius 1 is 0.982 bits per heavy atom. The zero-order valence-corrected chi connectivity index (χ0v) is 32.3. The minimum absolute atomic E-state index is 0.0820. The smallest absolute Gasteiger partial charge is 0.293 e. The van der Waals surface area contributed by atoms with Gasteiger partial charge < -0.3 is 29.7 Å². The average Bonchev–Trinajstić information content (AvgIpc) is 3.80. The molecule has 3 fully saturated rings. The van der Waals surface area contributed by atoms with Crippen LogP contribution in [0.5, 0.6) is 5.75 Å². The number of piperazine rings is 1. The van der Waals surface area contributed by atoms with E-state index >= 15 is 0 Å². The summed E-state index contributed by atoms with van der Waals surface area (Å²) < 4.78 is 8.84. The summed E-state index contributed by atoms with van der Waals surface area (Å²) in [6.45, 7) is 6.05. The molecular formula is C39H44ClN11O5. The summed E-state index contributed by atoms with van der Waals surface area (Å²) in [6.07, 6.45) is 3.52. The summed E-state index contributed by atoms with van der Waals surface area (Å²) in [5, 5.41) is 15.0. The fourth-order valence-electron chi connectivity index (χ4n) is 7.98. The standard InChI is InChI=1S/C39H44ClN11O5/c1-41-34(53)22-56-32-17-24-16-25(4-8-30(24)47(2)38(32)55)43-36-29(40)19-42-39(45-36)50-14-12-49(13-15-50)20-23-10-11-51(21-23)26-5-6-27-31(18-26)48(3)46-35(27)28-7-9-33(52)44-37(28)54/h4-6,8,16-19,23,28H,7,9-15,20-22H2,1-3H3,(H,41,53)(H,42,43,45)(H,44,52,54)/t23-,28?/m1/s1. The van der Waals surface area contributed by atoms with E-state index in [1.165, 1.54) is 11.6 Å². The number of aryl methyl sites for hydroxylation is 2. The van der Waals surface area contributed by atoms with Crippen LogP contribution < -0.4 is 36.0 Å². The normalized spacial score (nSPS) is 19.1. The zero-order valence-electron chi connectivity index (χ0n) is 31.5. The summed E-state index contributed by atoms with van der Waals surface area (Å²) in [4.78, 5) is 65.2. The number of piperidine rings is 1. The number of amides is 3. The average molecular weight is 782 g/mol. The number of rotatable bonds is 10. The summed E-state index contributed by atoms with van der Waals surface area (Å²) in [6, 6.07) is 13.6. The van der Waals surface area contributed by atoms with Crippen molar-refractivity contribution >= 4 is 74.3 Å². The van der Waals surface area contributed by atoms with Crippen LogP contribution in [-0.4, -0.2) is 106 Å². The number of ether oxygens (including phenoxy) is 1. The second kappa shape index (κ2) is 15.4. The number of benzene rings is 2. The highest BCUT2D eigenvalue weighted by Crippen LogP contribution is 2.34. The molecule has 17 heteroatoms. The first-order chi connectivity index (χ1) is 27.0. The summed E-state index contributed by atoms with van der Waals surface area (Å²) >= 11 is 6.56. The first kappa shape index (κ1) is 37.2. The lowest BCUT2D eigenvalue weighted by Gasteiger charge is -2.36. The Morgan fingerprint density at radius 3 is 2.59 bits per heavy atom. The molecule has 0 radical (unpaired) electrons. The summed E-state index contributed by atoms with van der Waals surface area (Å²) in [7, 11) is 5.07. The number of halogens is 1. The van der Waals surface area contributed by atoms with E-state index in [1.54, 1.807) is 19.3 Å². The Hall–Kier alpha value is -5.74. The molecule has 56 heavy (non-hydrogen) atoms. The molecule has 3 aliphatic heterocycles. The molecular weight excluding hydrogens is 738 g/mol. The predicted octanol–water partition coefficient (Wildman–Crippen LogP) is 2.91. The highest BCUT2D eigenvalue weighted by Gasteiger charge is 2.32. The molecule has 3 saturated heterocycles. The highest BCUT2D eigenvalue weighted by atomic mass is 35.5. The monoisotopic (exact) mass is 781 g/mol. The lowest BCUT2D eigenvalue weighted by atomic mass is 9.93. The van der Waals surface area contributed by atoms with Crippen molar-refractivity contribution in [3.05, 3.63) is 69.7 Å². The molecule has 0 bridgehead atoms. The highest BCUT2D eigenvalue weighted by molar-refractivity contribution is 6.33. The molecule has 3 aliphatic rings. The van der Waals surface area contributed by atoms with Crippen molar-refractivity contribution in [2.45, 2.75) is 25.2 Å². The number of nitrogens with one attached hydrogen (secondary N) is 3. The number of pyridine rings is 1. The number of hydrogen-bond donors (Lipinski definition) is 3. The Labute approximate surface area is 327 Å². The second-order valence-corrected chi connectivity index (χ2v) is 15.1. The third-order valence-corrected chi connectivity index (χ3v) is 11.4. The van der Waals surface area contributed by atoms with Gasteiger partial charge in [0.25, 0.3) is 11.5 Å². The molecule has 0 spiro atoms. The summed E-state index contributed by atoms with van der Waals surface area (Å²) in [5.41, 5.74) is 3.95. The maximum atomic E-state index is 12.8. The van der Waals surface area contributed by atoms with Crippen molar-refractivity contribution in [2.24, 2.45) is 20.0 Å². The van der Waals surface area contributed by atoms with E-state index in [9.17, 15) is 19.2 Å². The molecule has 2 atom stereocenters. The lowest BCUT2D eigenvalue weighted by molar-refractivity contribution is -0.134. The molecule has 2 aromatic carbocycles. The van der Waals surface area contributed by atoms with Crippen molar-refractivity contribution in [1.29, 1.82) is 0 Å². The Kier molecular flexibility index (Phi) is 10.2. The van der Waals surface area contributed by atoms with E-state index in [1.807, 2.05) is 29.9 Å². The van der Waals surface area contributed by atoms with Crippen LogP contribution in [0.3, 0.4) is 0 Å². The first-order valence-corrected chi connectivity index (χ1v) is 19.2. The first-order valence-electron chi connectivity index (χ1n) is 18.8. The van der Waals surface area contributed by atoms with Gasteiger partial charge in [-0.25, -0.2) is 4.98 Å². The van der Waals surface area contributed by atoms with Gasteiger partial charge in [0.1, 0.15) is 5.02 Å². The van der Waals surface area contributed by atoms with Crippen LogP contribution in [-0.2, 0) is 28.5 Å². The lowest BCUT2D eigenvalue weighted by Crippen LogP contribution is -2.48. The zero-order chi connectivity index (χ0) is 39.1. The molecule has 3 N–H and O–H groups in total. The van der Waals surface area contributed by atoms with E-state index < -0.39 is 5.92 Å². The molecule has 0 aliphatic carbocycles. The van der Waals surface area contributed by atoms with Crippen LogP contribution >= 0.6 is 11.6 Å². The van der Waals surface area contributed by atoms with Crippen LogP contribution in [0, 0.1) is 5.92 Å². The van der Waals surface area contributed by atoms with Gasteiger partial charge in [-0.05, 0) is 61.2 Å². The van der Waals surface area contributed by atoms with Gasteiger partial charge in [-0.2, -0.15) is 10.1 Å². The number of nitrogens with zero attached hydrogens (tertiary/aromatic N) is 8. The van der Waals surface area contributed by atoms with Gasteiger partial charge in [0.05, 0.1) is 28.8 Å². The van der Waals surface area contributed by atoms with Crippen LogP contribution in [0.15, 0.2) is 53.5 Å². The number of carbonyl (C=O) groups excluding carboxylic acids is 3. The van der Waals surface area contributed by atoms with Crippen molar-refractivity contribution in [3.8, 4) is 5.75 Å². The third-order valence-electron chi connectivity index (χ3n) is 11.1. The van der Waals surface area contributed by atoms with E-state index in [0.717, 1.165) is 79.9 Å². The predicted molar refractivity (Wildman–Crippen MR) is 214 cm³/mol. The van der Waals surface area contributed by atoms with Gasteiger partial charge in [-0.1, -0.05) is 11.6 Å². The van der Waals surface area contributed by atoms with Gasteiger partial charge in [0, 0.05) is 95.5 Å². The van der Waals surface area contributed by atoms with Crippen molar-refractivity contribution in [3.63, 3.8) is 0 Å². The van der Waals surface area contributed by atoms with E-state index in [4.69, 9.17) is 26.4 Å². The number of fused-ring (bicyclic) bond motifs is 2. The fourth-order valence-corrected chi connectivity index (χ4v) is 8.12. The third kappa shape index (κ3) is 7.45. The number of hydrogen-bond acceptors (Lipinski definition) is 12. The van der Waals surface area contributed by atoms with Crippen molar-refractivity contribution in [1.82, 2.24) is 39.8 Å². The number of likely N-dealkylation sites (N-methyl/N-ethyl adjacent to an activating group) is 1. The molecule has 6 heterocycles. The maximum absolute atomic E-state index is 12.8. The largest absolute Gasteiger partial charge is 0.478 e. The second-order valence-electron chi connectivity index (χ2n) is 14.7. The van der Waals surface area contributed by atoms with Crippen LogP contribution in [0.4, 0.5) is 23.1 Å². The number of imide groups is 1. The Balaban J connectivity index is 0.873. The molecule has 3 aromatic heterocycles. The van der Waals surface area contributed by atoms with E-state index in [-0.39, 0.29) is 35.6 Å². The summed E-state index contributed by atoms with van der Waals surface area (Å²) in [5.74, 6) is 0.446. The van der Waals surface area contributed by atoms with Gasteiger partial charge >= 0.3 is 0 Å². The van der Waals surface area contributed by atoms with Gasteiger partial charge in [0.2, 0.25) is 17.8 Å². The topological polar surface area (TPSA) is 172 Å². The SMILES string of the molecule is CNC(=O)COc1cc2cc(Nc3nc(N4CCN(C[C@H]5CCN(c6ccc7c(C8CCC(=O)NC8=O)nn(C)c7c6)C5)CC4)ncc3Cl)ccc2n(C)c1=O. The van der Waals surface area contributed by atoms with Crippen LogP contribution in [0.25, 0.3) is 21.8 Å². The van der Waals surface area contributed by atoms with E-state index in [2.05, 4.69) is 53.8 Å². The number of aromatic nitrogens is 5. The molecule has 1 unspecified atom stereocenters. The van der Waals surface area contributed by atoms with Crippen LogP contribution in [0.2, 0.25) is 5.02 Å². The van der Waals surface area contributed by atoms with Gasteiger partial charge in [0.15, 0.2) is 18.2 Å². The Morgan fingerprint density at radius 2 is 1.80 bits per heavy atom. The minimum Gasteiger partial charge on any atom is -0.478 e. The number of carbonyl (C=O) groups is 3. The Bertz CT molecular complexity index is 2410. The van der Waals surface area contributed by atoms with Gasteiger partial charge in [-0.3, -0.25) is 34.1 Å². The quantitative estimate of drug-likeness (QED) is 0.177.